The van der Waals surface area contributed by atoms with Gasteiger partial charge in [0.15, 0.2) is 0 Å². The van der Waals surface area contributed by atoms with E-state index in [2.05, 4.69) is 15.6 Å². The average Bonchev–Trinajstić information content (AvgIpc) is 2.88. The molecule has 2 aromatic carbocycles. The van der Waals surface area contributed by atoms with E-state index >= 15 is 0 Å². The van der Waals surface area contributed by atoms with Crippen LogP contribution in [0.25, 0.3) is 10.9 Å². The van der Waals surface area contributed by atoms with Crippen molar-refractivity contribution in [3.05, 3.63) is 59.5 Å². The number of ether oxygens (including phenoxy) is 1. The highest BCUT2D eigenvalue weighted by atomic mass is 35.5. The maximum atomic E-state index is 13.8. The van der Waals surface area contributed by atoms with Gasteiger partial charge in [0.1, 0.15) is 16.5 Å². The molecule has 11 heteroatoms. The molecule has 0 bridgehead atoms. The highest BCUT2D eigenvalue weighted by Gasteiger charge is 2.35. The number of amides is 1. The number of carbonyl (C=O) groups excluding carboxylic acids is 1. The van der Waals surface area contributed by atoms with Gasteiger partial charge in [0.05, 0.1) is 18.5 Å². The molecule has 0 aliphatic carbocycles. The summed E-state index contributed by atoms with van der Waals surface area (Å²) in [5.41, 5.74) is 1.73. The van der Waals surface area contributed by atoms with Crippen LogP contribution in [0.1, 0.15) is 19.3 Å². The van der Waals surface area contributed by atoms with E-state index in [0.717, 1.165) is 28.7 Å². The van der Waals surface area contributed by atoms with Crippen LogP contribution in [0.4, 0.5) is 10.1 Å². The van der Waals surface area contributed by atoms with E-state index in [-0.39, 0.29) is 29.6 Å². The number of rotatable bonds is 9. The molecule has 1 aliphatic rings. The third-order valence-corrected chi connectivity index (χ3v) is 8.29. The molecule has 1 atom stereocenters. The minimum absolute atomic E-state index is 0.0393. The summed E-state index contributed by atoms with van der Waals surface area (Å²) < 4.78 is 46.5. The monoisotopic (exact) mass is 534 g/mol. The molecular weight excluding hydrogens is 507 g/mol. The Morgan fingerprint density at radius 1 is 1.22 bits per heavy atom. The number of halogens is 2. The molecule has 1 saturated heterocycles. The van der Waals surface area contributed by atoms with Crippen LogP contribution in [0.3, 0.4) is 0 Å². The summed E-state index contributed by atoms with van der Waals surface area (Å²) in [5, 5.41) is 7.85. The van der Waals surface area contributed by atoms with Gasteiger partial charge in [0.25, 0.3) is 0 Å². The third kappa shape index (κ3) is 5.88. The largest absolute Gasteiger partial charge is 0.495 e. The van der Waals surface area contributed by atoms with Crippen LogP contribution < -0.4 is 15.4 Å². The highest BCUT2D eigenvalue weighted by molar-refractivity contribution is 7.89. The zero-order valence-electron chi connectivity index (χ0n) is 19.8. The summed E-state index contributed by atoms with van der Waals surface area (Å²) >= 11 is 6.04. The number of piperidine rings is 1. The Balaban J connectivity index is 1.30. The normalized spacial score (nSPS) is 16.6. The molecule has 0 radical (unpaired) electrons. The predicted octanol–water partition coefficient (Wildman–Crippen LogP) is 4.06. The van der Waals surface area contributed by atoms with Crippen LogP contribution in [0.2, 0.25) is 5.02 Å². The SMILES string of the molecule is COc1ccc(F)cc1S(=O)(=O)N1CCC[C@@H](C(=O)NCCCNc2ccnc3cc(Cl)ccc23)C1. The molecule has 4 rings (SSSR count). The number of pyridine rings is 1. The maximum absolute atomic E-state index is 13.8. The standard InChI is InChI=1S/C25H28ClFN4O4S/c1-35-23-8-6-19(27)15-24(23)36(33,34)31-13-2-4-17(16-31)25(32)30-11-3-10-28-21-9-12-29-22-14-18(26)5-7-20(21)22/h5-9,12,14-15,17H,2-4,10-11,13,16H2,1H3,(H,28,29)(H,30,32)/t17-/m1/s1. The smallest absolute Gasteiger partial charge is 0.246 e. The van der Waals surface area contributed by atoms with Crippen LogP contribution in [-0.4, -0.2) is 56.9 Å². The van der Waals surface area contributed by atoms with Gasteiger partial charge < -0.3 is 15.4 Å². The van der Waals surface area contributed by atoms with E-state index < -0.39 is 21.8 Å². The molecule has 192 valence electrons. The summed E-state index contributed by atoms with van der Waals surface area (Å²) in [4.78, 5) is 16.9. The second-order valence-electron chi connectivity index (χ2n) is 8.59. The number of benzene rings is 2. The summed E-state index contributed by atoms with van der Waals surface area (Å²) in [6.07, 6.45) is 3.51. The van der Waals surface area contributed by atoms with Crippen molar-refractivity contribution in [2.75, 3.05) is 38.6 Å². The number of carbonyl (C=O) groups is 1. The van der Waals surface area contributed by atoms with E-state index in [1.165, 1.54) is 17.5 Å². The van der Waals surface area contributed by atoms with E-state index in [4.69, 9.17) is 16.3 Å². The van der Waals surface area contributed by atoms with Crippen LogP contribution in [0.15, 0.2) is 53.6 Å². The lowest BCUT2D eigenvalue weighted by Crippen LogP contribution is -2.45. The fourth-order valence-electron chi connectivity index (χ4n) is 4.31. The van der Waals surface area contributed by atoms with Gasteiger partial charge in [-0.1, -0.05) is 11.6 Å². The number of sulfonamides is 1. The van der Waals surface area contributed by atoms with E-state index in [1.807, 2.05) is 18.2 Å². The first-order valence-electron chi connectivity index (χ1n) is 11.7. The van der Waals surface area contributed by atoms with Crippen molar-refractivity contribution in [1.82, 2.24) is 14.6 Å². The molecule has 8 nitrogen and oxygen atoms in total. The second kappa shape index (κ2) is 11.4. The highest BCUT2D eigenvalue weighted by Crippen LogP contribution is 2.30. The molecule has 3 aromatic rings. The number of anilines is 1. The lowest BCUT2D eigenvalue weighted by molar-refractivity contribution is -0.126. The van der Waals surface area contributed by atoms with Crippen LogP contribution >= 0.6 is 11.6 Å². The molecule has 2 heterocycles. The number of fused-ring (bicyclic) bond motifs is 1. The van der Waals surface area contributed by atoms with Gasteiger partial charge in [-0.3, -0.25) is 9.78 Å². The molecule has 1 amide bonds. The number of nitrogens with one attached hydrogen (secondary N) is 2. The second-order valence-corrected chi connectivity index (χ2v) is 10.9. The Hall–Kier alpha value is -2.95. The van der Waals surface area contributed by atoms with Crippen LogP contribution in [0, 0.1) is 11.7 Å². The minimum Gasteiger partial charge on any atom is -0.495 e. The minimum atomic E-state index is -4.01. The van der Waals surface area contributed by atoms with Crippen molar-refractivity contribution in [3.63, 3.8) is 0 Å². The van der Waals surface area contributed by atoms with Crippen molar-refractivity contribution in [2.24, 2.45) is 5.92 Å². The summed E-state index contributed by atoms with van der Waals surface area (Å²) in [6.45, 7) is 1.38. The maximum Gasteiger partial charge on any atom is 0.246 e. The van der Waals surface area contributed by atoms with Gasteiger partial charge in [-0.15, -0.1) is 0 Å². The van der Waals surface area contributed by atoms with Gasteiger partial charge in [0.2, 0.25) is 15.9 Å². The van der Waals surface area contributed by atoms with Gasteiger partial charge in [-0.25, -0.2) is 12.8 Å². The zero-order valence-corrected chi connectivity index (χ0v) is 21.4. The zero-order chi connectivity index (χ0) is 25.7. The lowest BCUT2D eigenvalue weighted by atomic mass is 9.99. The predicted molar refractivity (Wildman–Crippen MR) is 137 cm³/mol. The first kappa shape index (κ1) is 26.1. The fraction of sp³-hybridized carbons (Fsp3) is 0.360. The Bertz CT molecular complexity index is 1360. The molecule has 1 aliphatic heterocycles. The van der Waals surface area contributed by atoms with Gasteiger partial charge in [-0.2, -0.15) is 4.31 Å². The number of hydrogen-bond donors (Lipinski definition) is 2. The molecule has 0 spiro atoms. The first-order valence-corrected chi connectivity index (χ1v) is 13.5. The number of nitrogens with zero attached hydrogens (tertiary/aromatic N) is 2. The third-order valence-electron chi connectivity index (χ3n) is 6.17. The number of aromatic nitrogens is 1. The van der Waals surface area contributed by atoms with Gasteiger partial charge >= 0.3 is 0 Å². The Morgan fingerprint density at radius 3 is 2.86 bits per heavy atom. The van der Waals surface area contributed by atoms with Crippen molar-refractivity contribution >= 4 is 44.1 Å². The number of hydrogen-bond acceptors (Lipinski definition) is 6. The quantitative estimate of drug-likeness (QED) is 0.402. The van der Waals surface area contributed by atoms with E-state index in [1.54, 1.807) is 12.3 Å². The van der Waals surface area contributed by atoms with Crippen LogP contribution in [-0.2, 0) is 14.8 Å². The molecule has 0 unspecified atom stereocenters. The Labute approximate surface area is 214 Å². The van der Waals surface area contributed by atoms with Gasteiger partial charge in [0, 0.05) is 48.5 Å². The van der Waals surface area contributed by atoms with Crippen molar-refractivity contribution in [3.8, 4) is 5.75 Å². The Kier molecular flexibility index (Phi) is 8.28. The average molecular weight is 535 g/mol. The van der Waals surface area contributed by atoms with E-state index in [0.29, 0.717) is 37.4 Å². The summed E-state index contributed by atoms with van der Waals surface area (Å²) in [6, 6.07) is 10.8. The number of methoxy groups -OCH3 is 1. The lowest BCUT2D eigenvalue weighted by Gasteiger charge is -2.31. The molecule has 0 saturated carbocycles. The fourth-order valence-corrected chi connectivity index (χ4v) is 6.17. The summed E-state index contributed by atoms with van der Waals surface area (Å²) in [5.74, 6) is -1.27. The van der Waals surface area contributed by atoms with Crippen molar-refractivity contribution in [2.45, 2.75) is 24.2 Å². The van der Waals surface area contributed by atoms with Crippen LogP contribution in [0.5, 0.6) is 5.75 Å². The summed E-state index contributed by atoms with van der Waals surface area (Å²) in [7, 11) is -2.68. The molecule has 36 heavy (non-hydrogen) atoms. The molecule has 1 aromatic heterocycles. The molecule has 1 fully saturated rings. The van der Waals surface area contributed by atoms with E-state index in [9.17, 15) is 17.6 Å². The Morgan fingerprint density at radius 2 is 2.06 bits per heavy atom. The molecule has 2 N–H and O–H groups in total. The first-order chi connectivity index (χ1) is 17.3. The molecular formula is C25H28ClFN4O4S. The van der Waals surface area contributed by atoms with Crippen molar-refractivity contribution < 1.29 is 22.3 Å². The topological polar surface area (TPSA) is 101 Å². The van der Waals surface area contributed by atoms with Crippen molar-refractivity contribution in [1.29, 1.82) is 0 Å². The van der Waals surface area contributed by atoms with Gasteiger partial charge in [-0.05, 0) is 61.7 Å².